The van der Waals surface area contributed by atoms with E-state index in [1.807, 2.05) is 32.2 Å². The summed E-state index contributed by atoms with van der Waals surface area (Å²) in [4.78, 5) is 5.46. The van der Waals surface area contributed by atoms with E-state index in [0.29, 0.717) is 0 Å². The van der Waals surface area contributed by atoms with Crippen LogP contribution in [-0.4, -0.2) is 22.7 Å². The van der Waals surface area contributed by atoms with Crippen molar-refractivity contribution in [3.05, 3.63) is 29.0 Å². The van der Waals surface area contributed by atoms with Crippen molar-refractivity contribution in [2.45, 2.75) is 26.4 Å². The first-order valence-corrected chi connectivity index (χ1v) is 6.36. The Labute approximate surface area is 104 Å². The highest BCUT2D eigenvalue weighted by atomic mass is 32.1. The molecule has 2 N–H and O–H groups in total. The Morgan fingerprint density at radius 1 is 1.53 bits per heavy atom. The molecule has 0 amide bonds. The lowest BCUT2D eigenvalue weighted by Gasteiger charge is -2.08. The van der Waals surface area contributed by atoms with Crippen molar-refractivity contribution in [3.63, 3.8) is 0 Å². The topological polar surface area (TPSA) is 58.3 Å². The Balaban J connectivity index is 2.01. The second-order valence-electron chi connectivity index (χ2n) is 4.01. The predicted molar refractivity (Wildman–Crippen MR) is 67.9 cm³/mol. The van der Waals surface area contributed by atoms with Gasteiger partial charge in [0.15, 0.2) is 10.8 Å². The van der Waals surface area contributed by atoms with Crippen LogP contribution in [0.4, 0.5) is 0 Å². The lowest BCUT2D eigenvalue weighted by atomic mass is 10.3. The van der Waals surface area contributed by atoms with Crippen LogP contribution in [0.15, 0.2) is 22.7 Å². The van der Waals surface area contributed by atoms with Crippen molar-refractivity contribution in [1.82, 2.24) is 10.3 Å². The minimum atomic E-state index is 0.103. The lowest BCUT2D eigenvalue weighted by Crippen LogP contribution is -2.28. The number of thiazole rings is 1. The van der Waals surface area contributed by atoms with Crippen molar-refractivity contribution < 1.29 is 9.52 Å². The van der Waals surface area contributed by atoms with Gasteiger partial charge in [0.1, 0.15) is 5.76 Å². The first-order valence-electron chi connectivity index (χ1n) is 5.55. The standard InChI is InChI=1S/C12H16N2O2S/c1-8(7-15)13-5-10-6-14-12(17-10)11-4-3-9(2)16-11/h3-4,6,8,13,15H,5,7H2,1-2H3/t8-/m1/s1. The summed E-state index contributed by atoms with van der Waals surface area (Å²) in [6.07, 6.45) is 1.84. The largest absolute Gasteiger partial charge is 0.459 e. The molecule has 2 heterocycles. The number of aryl methyl sites for hydroxylation is 1. The summed E-state index contributed by atoms with van der Waals surface area (Å²) in [5.41, 5.74) is 0. The molecule has 0 saturated heterocycles. The van der Waals surface area contributed by atoms with E-state index in [0.717, 1.165) is 28.0 Å². The first-order chi connectivity index (χ1) is 8.19. The monoisotopic (exact) mass is 252 g/mol. The van der Waals surface area contributed by atoms with Crippen molar-refractivity contribution in [2.75, 3.05) is 6.61 Å². The van der Waals surface area contributed by atoms with E-state index in [2.05, 4.69) is 10.3 Å². The minimum absolute atomic E-state index is 0.103. The van der Waals surface area contributed by atoms with Crippen molar-refractivity contribution in [2.24, 2.45) is 0 Å². The molecule has 0 aromatic carbocycles. The second kappa shape index (κ2) is 5.44. The fraction of sp³-hybridized carbons (Fsp3) is 0.417. The normalized spacial score (nSPS) is 12.9. The third-order valence-corrected chi connectivity index (χ3v) is 3.42. The van der Waals surface area contributed by atoms with Crippen molar-refractivity contribution in [3.8, 4) is 10.8 Å². The number of aliphatic hydroxyl groups is 1. The number of furan rings is 1. The van der Waals surface area contributed by atoms with Crippen LogP contribution in [0.1, 0.15) is 17.6 Å². The number of aromatic nitrogens is 1. The highest BCUT2D eigenvalue weighted by molar-refractivity contribution is 7.14. The van der Waals surface area contributed by atoms with E-state index in [1.165, 1.54) is 0 Å². The molecule has 0 saturated carbocycles. The van der Waals surface area contributed by atoms with Crippen LogP contribution < -0.4 is 5.32 Å². The maximum absolute atomic E-state index is 8.91. The van der Waals surface area contributed by atoms with Crippen LogP contribution in [0.5, 0.6) is 0 Å². The van der Waals surface area contributed by atoms with Gasteiger partial charge in [-0.1, -0.05) is 0 Å². The van der Waals surface area contributed by atoms with Gasteiger partial charge in [-0.05, 0) is 26.0 Å². The third-order valence-electron chi connectivity index (χ3n) is 2.40. The summed E-state index contributed by atoms with van der Waals surface area (Å²) < 4.78 is 5.52. The Morgan fingerprint density at radius 2 is 2.35 bits per heavy atom. The molecule has 1 atom stereocenters. The summed E-state index contributed by atoms with van der Waals surface area (Å²) in [7, 11) is 0. The molecule has 0 aliphatic heterocycles. The number of nitrogens with one attached hydrogen (secondary N) is 1. The summed E-state index contributed by atoms with van der Waals surface area (Å²) in [5, 5.41) is 13.0. The number of hydrogen-bond acceptors (Lipinski definition) is 5. The highest BCUT2D eigenvalue weighted by Gasteiger charge is 2.08. The molecule has 4 nitrogen and oxygen atoms in total. The zero-order chi connectivity index (χ0) is 12.3. The smallest absolute Gasteiger partial charge is 0.162 e. The van der Waals surface area contributed by atoms with Gasteiger partial charge >= 0.3 is 0 Å². The van der Waals surface area contributed by atoms with Crippen molar-refractivity contribution >= 4 is 11.3 Å². The molecule has 0 aliphatic carbocycles. The quantitative estimate of drug-likeness (QED) is 0.856. The maximum Gasteiger partial charge on any atom is 0.162 e. The first kappa shape index (κ1) is 12.3. The van der Waals surface area contributed by atoms with Gasteiger partial charge in [0.05, 0.1) is 6.61 Å². The van der Waals surface area contributed by atoms with E-state index >= 15 is 0 Å². The lowest BCUT2D eigenvalue weighted by molar-refractivity contribution is 0.251. The zero-order valence-electron chi connectivity index (χ0n) is 9.93. The summed E-state index contributed by atoms with van der Waals surface area (Å²) in [6.45, 7) is 4.72. The van der Waals surface area contributed by atoms with Gasteiger partial charge in [-0.15, -0.1) is 11.3 Å². The van der Waals surface area contributed by atoms with Crippen LogP contribution in [-0.2, 0) is 6.54 Å². The molecule has 2 rings (SSSR count). The number of rotatable bonds is 5. The molecule has 2 aromatic rings. The molecule has 0 unspecified atom stereocenters. The average molecular weight is 252 g/mol. The van der Waals surface area contributed by atoms with E-state index in [1.54, 1.807) is 11.3 Å². The fourth-order valence-electron chi connectivity index (χ4n) is 1.39. The molecule has 0 radical (unpaired) electrons. The fourth-order valence-corrected chi connectivity index (χ4v) is 2.22. The van der Waals surface area contributed by atoms with E-state index in [-0.39, 0.29) is 12.6 Å². The summed E-state index contributed by atoms with van der Waals surface area (Å²) in [5.74, 6) is 1.71. The van der Waals surface area contributed by atoms with Crippen LogP contribution in [0.3, 0.4) is 0 Å². The third kappa shape index (κ3) is 3.15. The van der Waals surface area contributed by atoms with Gasteiger partial charge in [0.2, 0.25) is 0 Å². The molecule has 0 aliphatic rings. The molecule has 92 valence electrons. The summed E-state index contributed by atoms with van der Waals surface area (Å²) in [6, 6.07) is 3.97. The maximum atomic E-state index is 8.91. The van der Waals surface area contributed by atoms with Gasteiger partial charge in [0.25, 0.3) is 0 Å². The molecule has 0 spiro atoms. The molecule has 0 fully saturated rings. The SMILES string of the molecule is Cc1ccc(-c2ncc(CN[C@H](C)CO)s2)o1. The summed E-state index contributed by atoms with van der Waals surface area (Å²) >= 11 is 1.60. The van der Waals surface area contributed by atoms with Crippen LogP contribution in [0.2, 0.25) is 0 Å². The van der Waals surface area contributed by atoms with Gasteiger partial charge in [-0.3, -0.25) is 0 Å². The molecular weight excluding hydrogens is 236 g/mol. The Kier molecular flexibility index (Phi) is 3.93. The van der Waals surface area contributed by atoms with Gasteiger partial charge in [0, 0.05) is 23.7 Å². The highest BCUT2D eigenvalue weighted by Crippen LogP contribution is 2.26. The number of aliphatic hydroxyl groups excluding tert-OH is 1. The van der Waals surface area contributed by atoms with E-state index in [9.17, 15) is 0 Å². The van der Waals surface area contributed by atoms with Crippen molar-refractivity contribution in [1.29, 1.82) is 0 Å². The second-order valence-corrected chi connectivity index (χ2v) is 5.12. The van der Waals surface area contributed by atoms with Crippen LogP contribution in [0, 0.1) is 6.92 Å². The molecular formula is C12H16N2O2S. The van der Waals surface area contributed by atoms with Gasteiger partial charge in [-0.25, -0.2) is 4.98 Å². The Morgan fingerprint density at radius 3 is 3.00 bits per heavy atom. The minimum Gasteiger partial charge on any atom is -0.459 e. The predicted octanol–water partition coefficient (Wildman–Crippen LogP) is 2.18. The number of nitrogens with zero attached hydrogens (tertiary/aromatic N) is 1. The zero-order valence-corrected chi connectivity index (χ0v) is 10.8. The van der Waals surface area contributed by atoms with Crippen LogP contribution >= 0.6 is 11.3 Å². The molecule has 17 heavy (non-hydrogen) atoms. The van der Waals surface area contributed by atoms with Crippen LogP contribution in [0.25, 0.3) is 10.8 Å². The average Bonchev–Trinajstić information content (AvgIpc) is 2.94. The van der Waals surface area contributed by atoms with E-state index in [4.69, 9.17) is 9.52 Å². The molecule has 2 aromatic heterocycles. The Hall–Kier alpha value is -1.17. The Bertz CT molecular complexity index is 478. The molecule has 5 heteroatoms. The van der Waals surface area contributed by atoms with Gasteiger partial charge in [-0.2, -0.15) is 0 Å². The number of hydrogen-bond donors (Lipinski definition) is 2. The van der Waals surface area contributed by atoms with Gasteiger partial charge < -0.3 is 14.8 Å². The van der Waals surface area contributed by atoms with E-state index < -0.39 is 0 Å². The molecule has 0 bridgehead atoms.